The Bertz CT molecular complexity index is 1980. The first kappa shape index (κ1) is 38.9. The summed E-state index contributed by atoms with van der Waals surface area (Å²) < 4.78 is 45.3. The van der Waals surface area contributed by atoms with Crippen molar-refractivity contribution in [2.24, 2.45) is 13.0 Å². The SMILES string of the molecule is Cc1ccc(-n2cc(-c3cnc(C(=O)Nc4ccc(C(=O)N5CCN(C(=O)C6CC[N+](C)(C)CC6)CC5)c(Cl)c4)n3C)c(C(F)(F)F)n2)nc1.O=C[O-]. The zero-order valence-corrected chi connectivity index (χ0v) is 30.3. The Balaban J connectivity index is 0.00000175. The van der Waals surface area contributed by atoms with Gasteiger partial charge in [0.15, 0.2) is 17.3 Å². The van der Waals surface area contributed by atoms with Gasteiger partial charge in [-0.3, -0.25) is 14.4 Å². The van der Waals surface area contributed by atoms with Crippen LogP contribution in [0.1, 0.15) is 45.1 Å². The number of carboxylic acid groups (broad SMARTS) is 1. The Hall–Kier alpha value is -5.29. The number of nitrogens with one attached hydrogen (secondary N) is 1. The maximum atomic E-state index is 14.0. The highest BCUT2D eigenvalue weighted by molar-refractivity contribution is 6.34. The van der Waals surface area contributed by atoms with E-state index in [1.807, 2.05) is 11.8 Å². The molecule has 4 aromatic rings. The molecule has 0 radical (unpaired) electrons. The van der Waals surface area contributed by atoms with Crippen LogP contribution in [0.15, 0.2) is 48.9 Å². The Morgan fingerprint density at radius 1 is 1.00 bits per heavy atom. The van der Waals surface area contributed by atoms with Crippen LogP contribution in [-0.4, -0.2) is 116 Å². The molecule has 5 heterocycles. The molecule has 0 aliphatic carbocycles. The number of piperidine rings is 1. The summed E-state index contributed by atoms with van der Waals surface area (Å²) in [6.07, 6.45) is 0.830. The van der Waals surface area contributed by atoms with Gasteiger partial charge in [0, 0.05) is 76.5 Å². The first-order valence-corrected chi connectivity index (χ1v) is 17.1. The highest BCUT2D eigenvalue weighted by Gasteiger charge is 2.39. The molecule has 0 atom stereocenters. The lowest BCUT2D eigenvalue weighted by Crippen LogP contribution is -2.54. The summed E-state index contributed by atoms with van der Waals surface area (Å²) in [7, 11) is 5.78. The van der Waals surface area contributed by atoms with Crippen molar-refractivity contribution >= 4 is 41.5 Å². The third-order valence-electron chi connectivity index (χ3n) is 9.43. The molecule has 2 saturated heterocycles. The number of amides is 3. The molecule has 14 nitrogen and oxygen atoms in total. The van der Waals surface area contributed by atoms with E-state index in [2.05, 4.69) is 34.5 Å². The molecule has 3 amide bonds. The highest BCUT2D eigenvalue weighted by atomic mass is 35.5. The molecule has 0 saturated carbocycles. The molecule has 18 heteroatoms. The van der Waals surface area contributed by atoms with Crippen molar-refractivity contribution in [3.8, 4) is 17.1 Å². The van der Waals surface area contributed by atoms with Crippen molar-refractivity contribution in [1.29, 1.82) is 0 Å². The minimum atomic E-state index is -4.79. The molecule has 2 aliphatic rings. The van der Waals surface area contributed by atoms with E-state index in [-0.39, 0.29) is 56.9 Å². The molecule has 1 aromatic carbocycles. The quantitative estimate of drug-likeness (QED) is 0.232. The molecule has 0 unspecified atom stereocenters. The predicted molar refractivity (Wildman–Crippen MR) is 186 cm³/mol. The number of nitrogens with zero attached hydrogens (tertiary/aromatic N) is 8. The number of piperazine rings is 1. The number of carbonyl (C=O) groups excluding carboxylic acids is 4. The van der Waals surface area contributed by atoms with E-state index < -0.39 is 24.2 Å². The zero-order chi connectivity index (χ0) is 38.7. The normalized spacial score (nSPS) is 16.1. The maximum absolute atomic E-state index is 14.0. The average molecular weight is 758 g/mol. The number of pyridine rings is 1. The van der Waals surface area contributed by atoms with E-state index in [9.17, 15) is 27.6 Å². The van der Waals surface area contributed by atoms with Crippen LogP contribution in [0.5, 0.6) is 0 Å². The van der Waals surface area contributed by atoms with Crippen LogP contribution >= 0.6 is 11.6 Å². The highest BCUT2D eigenvalue weighted by Crippen LogP contribution is 2.37. The second-order valence-electron chi connectivity index (χ2n) is 13.6. The first-order chi connectivity index (χ1) is 25.0. The summed E-state index contributed by atoms with van der Waals surface area (Å²) in [6.45, 7) is 4.90. The van der Waals surface area contributed by atoms with Gasteiger partial charge in [0.2, 0.25) is 5.91 Å². The topological polar surface area (TPSA) is 158 Å². The van der Waals surface area contributed by atoms with Gasteiger partial charge in [0.25, 0.3) is 11.8 Å². The van der Waals surface area contributed by atoms with Crippen molar-refractivity contribution < 1.29 is 41.9 Å². The fourth-order valence-corrected chi connectivity index (χ4v) is 6.64. The molecule has 6 rings (SSSR count). The van der Waals surface area contributed by atoms with Gasteiger partial charge in [-0.2, -0.15) is 18.3 Å². The number of rotatable bonds is 6. The smallest absolute Gasteiger partial charge is 0.435 e. The standard InChI is InChI=1S/C34H37ClF3N9O3.CH2O2/c1-21-5-8-28(39-18-21)46-20-25(29(42-46)34(36,37)38)27-19-40-30(43(27)2)31(48)41-23-6-7-24(26(35)17-23)33(50)45-13-11-44(12-14-45)32(49)22-9-15-47(3,4)16-10-22;2-1-3/h5-8,17-20,22H,9-16H2,1-4H3;1H,(H,2,3). The number of carbonyl (C=O) groups is 4. The van der Waals surface area contributed by atoms with Gasteiger partial charge >= 0.3 is 6.18 Å². The van der Waals surface area contributed by atoms with Gasteiger partial charge in [-0.15, -0.1) is 0 Å². The van der Waals surface area contributed by atoms with Gasteiger partial charge in [-0.1, -0.05) is 17.7 Å². The van der Waals surface area contributed by atoms with E-state index in [0.29, 0.717) is 26.2 Å². The number of hydrogen-bond donors (Lipinski definition) is 1. The summed E-state index contributed by atoms with van der Waals surface area (Å²) in [5, 5.41) is 14.8. The molecule has 53 heavy (non-hydrogen) atoms. The van der Waals surface area contributed by atoms with Gasteiger partial charge < -0.3 is 34.1 Å². The van der Waals surface area contributed by atoms with Crippen LogP contribution in [0.4, 0.5) is 18.9 Å². The lowest BCUT2D eigenvalue weighted by atomic mass is 9.94. The van der Waals surface area contributed by atoms with Crippen LogP contribution in [0.2, 0.25) is 5.02 Å². The van der Waals surface area contributed by atoms with Crippen LogP contribution in [0, 0.1) is 12.8 Å². The molecule has 2 aliphatic heterocycles. The largest absolute Gasteiger partial charge is 0.554 e. The number of anilines is 1. The van der Waals surface area contributed by atoms with Crippen LogP contribution < -0.4 is 10.4 Å². The Morgan fingerprint density at radius 3 is 2.23 bits per heavy atom. The Morgan fingerprint density at radius 2 is 1.64 bits per heavy atom. The minimum absolute atomic E-state index is 0.0172. The Kier molecular flexibility index (Phi) is 11.6. The van der Waals surface area contributed by atoms with E-state index in [0.717, 1.165) is 40.7 Å². The maximum Gasteiger partial charge on any atom is 0.435 e. The fraction of sp³-hybridized carbons (Fsp3) is 0.400. The monoisotopic (exact) mass is 757 g/mol. The van der Waals surface area contributed by atoms with Crippen molar-refractivity contribution in [3.05, 3.63) is 76.6 Å². The second kappa shape index (κ2) is 15.8. The molecular formula is C35H39ClF3N9O5. The lowest BCUT2D eigenvalue weighted by molar-refractivity contribution is -0.895. The van der Waals surface area contributed by atoms with Gasteiger partial charge in [-0.25, -0.2) is 14.6 Å². The minimum Gasteiger partial charge on any atom is -0.554 e. The van der Waals surface area contributed by atoms with Gasteiger partial charge in [-0.05, 0) is 36.8 Å². The van der Waals surface area contributed by atoms with Gasteiger partial charge in [0.05, 0.1) is 55.2 Å². The third kappa shape index (κ3) is 8.85. The third-order valence-corrected chi connectivity index (χ3v) is 9.74. The van der Waals surface area contributed by atoms with E-state index >= 15 is 0 Å². The van der Waals surface area contributed by atoms with Crippen molar-refractivity contribution in [2.75, 3.05) is 58.7 Å². The summed E-state index contributed by atoms with van der Waals surface area (Å²) >= 11 is 6.51. The molecule has 3 aromatic heterocycles. The van der Waals surface area contributed by atoms with Crippen molar-refractivity contribution in [3.63, 3.8) is 0 Å². The summed E-state index contributed by atoms with van der Waals surface area (Å²) in [5.41, 5.74) is -0.0626. The Labute approximate surface area is 308 Å². The number of imidazole rings is 1. The predicted octanol–water partition coefficient (Wildman–Crippen LogP) is 3.04. The number of benzene rings is 1. The summed E-state index contributed by atoms with van der Waals surface area (Å²) in [4.78, 5) is 59.7. The van der Waals surface area contributed by atoms with Gasteiger partial charge in [0.1, 0.15) is 0 Å². The summed E-state index contributed by atoms with van der Waals surface area (Å²) in [5.74, 6) is -0.763. The van der Waals surface area contributed by atoms with Crippen LogP contribution in [0.3, 0.4) is 0 Å². The van der Waals surface area contributed by atoms with Crippen LogP contribution in [0.25, 0.3) is 17.1 Å². The first-order valence-electron chi connectivity index (χ1n) is 16.7. The molecule has 2 fully saturated rings. The number of aryl methyl sites for hydroxylation is 1. The number of halogens is 4. The summed E-state index contributed by atoms with van der Waals surface area (Å²) in [6, 6.07) is 7.72. The second-order valence-corrected chi connectivity index (χ2v) is 14.0. The molecule has 0 bridgehead atoms. The molecule has 282 valence electrons. The molecule has 1 N–H and O–H groups in total. The molecular weight excluding hydrogens is 719 g/mol. The van der Waals surface area contributed by atoms with E-state index in [1.165, 1.54) is 48.4 Å². The average Bonchev–Trinajstić information content (AvgIpc) is 3.73. The number of hydrogen-bond acceptors (Lipinski definition) is 8. The van der Waals surface area contributed by atoms with E-state index in [4.69, 9.17) is 21.5 Å². The zero-order valence-electron chi connectivity index (χ0n) is 29.6. The van der Waals surface area contributed by atoms with Crippen LogP contribution in [-0.2, 0) is 22.8 Å². The number of alkyl halides is 3. The fourth-order valence-electron chi connectivity index (χ4n) is 6.38. The number of likely N-dealkylation sites (tertiary alicyclic amines) is 1. The van der Waals surface area contributed by atoms with Crippen molar-refractivity contribution in [2.45, 2.75) is 25.9 Å². The van der Waals surface area contributed by atoms with Crippen molar-refractivity contribution in [1.82, 2.24) is 34.1 Å². The molecule has 0 spiro atoms. The lowest BCUT2D eigenvalue weighted by Gasteiger charge is -2.40. The number of aromatic nitrogens is 5. The van der Waals surface area contributed by atoms with E-state index in [1.54, 1.807) is 17.0 Å². The number of quaternary nitrogens is 1.